The number of esters is 1. The van der Waals surface area contributed by atoms with Crippen LogP contribution in [0.2, 0.25) is 0 Å². The van der Waals surface area contributed by atoms with E-state index in [1.807, 2.05) is 0 Å². The van der Waals surface area contributed by atoms with Gasteiger partial charge in [0.25, 0.3) is 0 Å². The second-order valence-electron chi connectivity index (χ2n) is 3.04. The summed E-state index contributed by atoms with van der Waals surface area (Å²) in [5, 5.41) is 0. The van der Waals surface area contributed by atoms with Gasteiger partial charge in [0.1, 0.15) is 5.76 Å². The van der Waals surface area contributed by atoms with E-state index in [1.54, 1.807) is 6.92 Å². The van der Waals surface area contributed by atoms with Crippen LogP contribution in [0.3, 0.4) is 0 Å². The Bertz CT molecular complexity index is 208. The maximum absolute atomic E-state index is 11.1. The molecular weight excluding hydrogens is 168 g/mol. The molecule has 1 heterocycles. The lowest BCUT2D eigenvalue weighted by Crippen LogP contribution is -2.04. The van der Waals surface area contributed by atoms with Gasteiger partial charge in [-0.2, -0.15) is 0 Å². The number of carbonyl (C=O) groups excluding carboxylic acids is 1. The van der Waals surface area contributed by atoms with Crippen molar-refractivity contribution in [2.75, 3.05) is 13.2 Å². The highest BCUT2D eigenvalue weighted by Crippen LogP contribution is 2.27. The molecule has 0 aromatic carbocycles. The van der Waals surface area contributed by atoms with E-state index < -0.39 is 0 Å². The average molecular weight is 184 g/mol. The molecule has 1 rings (SSSR count). The molecule has 0 spiro atoms. The molecule has 1 atom stereocenters. The SMILES string of the molecule is CCOC(=O)/C=C1/OCC[C@@H]1CC. The summed E-state index contributed by atoms with van der Waals surface area (Å²) < 4.78 is 10.1. The van der Waals surface area contributed by atoms with Crippen molar-refractivity contribution in [2.45, 2.75) is 26.7 Å². The Morgan fingerprint density at radius 3 is 3.08 bits per heavy atom. The Balaban J connectivity index is 2.53. The van der Waals surface area contributed by atoms with E-state index in [1.165, 1.54) is 6.08 Å². The fourth-order valence-electron chi connectivity index (χ4n) is 1.44. The second-order valence-corrected chi connectivity index (χ2v) is 3.04. The van der Waals surface area contributed by atoms with E-state index in [4.69, 9.17) is 9.47 Å². The van der Waals surface area contributed by atoms with Crippen LogP contribution >= 0.6 is 0 Å². The summed E-state index contributed by atoms with van der Waals surface area (Å²) in [4.78, 5) is 11.1. The third-order valence-corrected chi connectivity index (χ3v) is 2.18. The number of allylic oxidation sites excluding steroid dienone is 1. The van der Waals surface area contributed by atoms with E-state index in [0.717, 1.165) is 25.2 Å². The van der Waals surface area contributed by atoms with E-state index in [9.17, 15) is 4.79 Å². The van der Waals surface area contributed by atoms with Gasteiger partial charge in [0, 0.05) is 5.92 Å². The molecule has 0 aromatic rings. The molecule has 1 aliphatic rings. The molecule has 13 heavy (non-hydrogen) atoms. The van der Waals surface area contributed by atoms with Crippen LogP contribution in [0.25, 0.3) is 0 Å². The predicted octanol–water partition coefficient (Wildman–Crippen LogP) is 1.88. The smallest absolute Gasteiger partial charge is 0.334 e. The first-order chi connectivity index (χ1) is 6.27. The topological polar surface area (TPSA) is 35.5 Å². The lowest BCUT2D eigenvalue weighted by molar-refractivity contribution is -0.137. The standard InChI is InChI=1S/C10H16O3/c1-3-8-5-6-13-9(8)7-10(11)12-4-2/h7-8H,3-6H2,1-2H3/b9-7+/t8-/m0/s1. The van der Waals surface area contributed by atoms with Gasteiger partial charge in [-0.15, -0.1) is 0 Å². The monoisotopic (exact) mass is 184 g/mol. The molecule has 1 aliphatic heterocycles. The van der Waals surface area contributed by atoms with E-state index >= 15 is 0 Å². The maximum atomic E-state index is 11.1. The first-order valence-corrected chi connectivity index (χ1v) is 4.79. The number of rotatable bonds is 3. The Morgan fingerprint density at radius 1 is 1.69 bits per heavy atom. The van der Waals surface area contributed by atoms with Gasteiger partial charge >= 0.3 is 5.97 Å². The van der Waals surface area contributed by atoms with Crippen LogP contribution in [-0.4, -0.2) is 19.2 Å². The van der Waals surface area contributed by atoms with Gasteiger partial charge in [-0.1, -0.05) is 6.92 Å². The Hall–Kier alpha value is -0.990. The van der Waals surface area contributed by atoms with E-state index in [-0.39, 0.29) is 5.97 Å². The van der Waals surface area contributed by atoms with Crippen molar-refractivity contribution in [3.05, 3.63) is 11.8 Å². The highest BCUT2D eigenvalue weighted by atomic mass is 16.5. The first-order valence-electron chi connectivity index (χ1n) is 4.79. The molecule has 3 nitrogen and oxygen atoms in total. The van der Waals surface area contributed by atoms with Gasteiger partial charge < -0.3 is 9.47 Å². The van der Waals surface area contributed by atoms with Crippen LogP contribution in [0, 0.1) is 5.92 Å². The third-order valence-electron chi connectivity index (χ3n) is 2.18. The molecule has 3 heteroatoms. The van der Waals surface area contributed by atoms with Crippen molar-refractivity contribution in [3.63, 3.8) is 0 Å². The van der Waals surface area contributed by atoms with Crippen LogP contribution < -0.4 is 0 Å². The Labute approximate surface area is 78.7 Å². The van der Waals surface area contributed by atoms with Crippen LogP contribution in [0.15, 0.2) is 11.8 Å². The van der Waals surface area contributed by atoms with Gasteiger partial charge in [0.2, 0.25) is 0 Å². The zero-order valence-electron chi connectivity index (χ0n) is 8.21. The molecular formula is C10H16O3. The van der Waals surface area contributed by atoms with Crippen LogP contribution in [-0.2, 0) is 14.3 Å². The lowest BCUT2D eigenvalue weighted by Gasteiger charge is -2.05. The normalized spacial score (nSPS) is 24.5. The summed E-state index contributed by atoms with van der Waals surface area (Å²) in [6.07, 6.45) is 3.51. The zero-order chi connectivity index (χ0) is 9.68. The van der Waals surface area contributed by atoms with Crippen molar-refractivity contribution in [3.8, 4) is 0 Å². The molecule has 1 fully saturated rings. The quantitative estimate of drug-likeness (QED) is 0.496. The van der Waals surface area contributed by atoms with Crippen molar-refractivity contribution in [1.82, 2.24) is 0 Å². The Kier molecular flexibility index (Phi) is 3.80. The number of hydrogen-bond donors (Lipinski definition) is 0. The van der Waals surface area contributed by atoms with Crippen molar-refractivity contribution >= 4 is 5.97 Å². The minimum absolute atomic E-state index is 0.294. The van der Waals surface area contributed by atoms with Crippen LogP contribution in [0.4, 0.5) is 0 Å². The van der Waals surface area contributed by atoms with Crippen molar-refractivity contribution in [1.29, 1.82) is 0 Å². The van der Waals surface area contributed by atoms with E-state index in [2.05, 4.69) is 6.92 Å². The number of ether oxygens (including phenoxy) is 2. The fraction of sp³-hybridized carbons (Fsp3) is 0.700. The molecule has 0 unspecified atom stereocenters. The number of carbonyl (C=O) groups is 1. The summed E-state index contributed by atoms with van der Waals surface area (Å²) in [6, 6.07) is 0. The molecule has 0 bridgehead atoms. The molecule has 0 amide bonds. The van der Waals surface area contributed by atoms with Crippen LogP contribution in [0.1, 0.15) is 26.7 Å². The summed E-state index contributed by atoms with van der Waals surface area (Å²) >= 11 is 0. The lowest BCUT2D eigenvalue weighted by atomic mass is 10.0. The zero-order valence-corrected chi connectivity index (χ0v) is 8.21. The molecule has 0 saturated carbocycles. The van der Waals surface area contributed by atoms with Gasteiger partial charge in [-0.3, -0.25) is 0 Å². The Morgan fingerprint density at radius 2 is 2.46 bits per heavy atom. The first kappa shape index (κ1) is 10.1. The average Bonchev–Trinajstić information content (AvgIpc) is 2.52. The van der Waals surface area contributed by atoms with Crippen LogP contribution in [0.5, 0.6) is 0 Å². The minimum Gasteiger partial charge on any atom is -0.497 e. The summed E-state index contributed by atoms with van der Waals surface area (Å²) in [7, 11) is 0. The molecule has 1 saturated heterocycles. The van der Waals surface area contributed by atoms with E-state index in [0.29, 0.717) is 12.5 Å². The van der Waals surface area contributed by atoms with Gasteiger partial charge in [0.05, 0.1) is 19.3 Å². The highest BCUT2D eigenvalue weighted by molar-refractivity contribution is 5.82. The maximum Gasteiger partial charge on any atom is 0.334 e. The summed E-state index contributed by atoms with van der Waals surface area (Å²) in [5.41, 5.74) is 0. The molecule has 0 radical (unpaired) electrons. The molecule has 0 N–H and O–H groups in total. The third kappa shape index (κ3) is 2.76. The van der Waals surface area contributed by atoms with Gasteiger partial charge in [-0.05, 0) is 19.8 Å². The molecule has 74 valence electrons. The summed E-state index contributed by atoms with van der Waals surface area (Å²) in [6.45, 7) is 5.03. The summed E-state index contributed by atoms with van der Waals surface area (Å²) in [5.74, 6) is 0.906. The van der Waals surface area contributed by atoms with Gasteiger partial charge in [0.15, 0.2) is 0 Å². The fourth-order valence-corrected chi connectivity index (χ4v) is 1.44. The second kappa shape index (κ2) is 4.90. The predicted molar refractivity (Wildman–Crippen MR) is 49.1 cm³/mol. The number of hydrogen-bond acceptors (Lipinski definition) is 3. The van der Waals surface area contributed by atoms with Gasteiger partial charge in [-0.25, -0.2) is 4.79 Å². The molecule has 0 aromatic heterocycles. The largest absolute Gasteiger partial charge is 0.497 e. The van der Waals surface area contributed by atoms with Crippen molar-refractivity contribution < 1.29 is 14.3 Å². The highest BCUT2D eigenvalue weighted by Gasteiger charge is 2.21. The van der Waals surface area contributed by atoms with Crippen molar-refractivity contribution in [2.24, 2.45) is 5.92 Å². The minimum atomic E-state index is -0.294. The molecule has 0 aliphatic carbocycles.